The Morgan fingerprint density at radius 3 is 2.67 bits per heavy atom. The van der Waals surface area contributed by atoms with Crippen molar-refractivity contribution in [3.8, 4) is 5.75 Å². The second kappa shape index (κ2) is 11.6. The van der Waals surface area contributed by atoms with Crippen LogP contribution in [-0.2, 0) is 14.3 Å². The first kappa shape index (κ1) is 26.9. The number of Topliss-reactive ketones (excluding diaryl/α,β-unsaturated/α-hetero) is 1. The van der Waals surface area contributed by atoms with Crippen molar-refractivity contribution in [2.45, 2.75) is 39.7 Å². The number of ether oxygens (including phenoxy) is 2. The van der Waals surface area contributed by atoms with Crippen LogP contribution in [0.15, 0.2) is 48.2 Å². The van der Waals surface area contributed by atoms with Crippen molar-refractivity contribution in [1.29, 1.82) is 0 Å². The Kier molecular flexibility index (Phi) is 7.99. The number of unbranched alkanes of at least 4 members (excludes halogenated alkanes) is 1. The molecule has 9 nitrogen and oxygen atoms in total. The Morgan fingerprint density at radius 2 is 1.92 bits per heavy atom. The molecule has 206 valence electrons. The number of imidazole rings is 1. The molecule has 5 rings (SSSR count). The zero-order valence-corrected chi connectivity index (χ0v) is 22.9. The van der Waals surface area contributed by atoms with Crippen LogP contribution >= 0.6 is 0 Å². The van der Waals surface area contributed by atoms with E-state index in [2.05, 4.69) is 16.8 Å². The Balaban J connectivity index is 1.58. The minimum Gasteiger partial charge on any atom is -0.505 e. The number of nitrogens with zero attached hydrogens (tertiary/aromatic N) is 4. The molecule has 0 saturated carbocycles. The molecular weight excluding hydrogens is 496 g/mol. The molecule has 1 atom stereocenters. The zero-order chi connectivity index (χ0) is 27.5. The van der Waals surface area contributed by atoms with Gasteiger partial charge < -0.3 is 23.9 Å². The number of aryl methyl sites for hydroxylation is 2. The third kappa shape index (κ3) is 5.29. The van der Waals surface area contributed by atoms with E-state index in [-0.39, 0.29) is 11.3 Å². The molecule has 3 aromatic rings. The summed E-state index contributed by atoms with van der Waals surface area (Å²) in [7, 11) is 0. The average Bonchev–Trinajstić information content (AvgIpc) is 3.42. The van der Waals surface area contributed by atoms with E-state index in [1.807, 2.05) is 60.8 Å². The van der Waals surface area contributed by atoms with Crippen molar-refractivity contribution in [3.63, 3.8) is 0 Å². The predicted molar refractivity (Wildman–Crippen MR) is 148 cm³/mol. The number of benzene rings is 1. The van der Waals surface area contributed by atoms with E-state index in [9.17, 15) is 14.7 Å². The van der Waals surface area contributed by atoms with E-state index in [0.717, 1.165) is 31.5 Å². The fourth-order valence-electron chi connectivity index (χ4n) is 5.31. The SMILES string of the molecule is CCCCOc1cccc(C2C(=C(O)c3nc4c(C)cccn4c3C)C(=O)C(=O)N2CCN2CCOCC2)c1. The van der Waals surface area contributed by atoms with E-state index >= 15 is 0 Å². The average molecular weight is 533 g/mol. The first-order valence-corrected chi connectivity index (χ1v) is 13.7. The molecule has 9 heteroatoms. The summed E-state index contributed by atoms with van der Waals surface area (Å²) < 4.78 is 13.3. The molecule has 0 spiro atoms. The number of carbonyl (C=O) groups is 2. The fraction of sp³-hybridized carbons (Fsp3) is 0.433. The van der Waals surface area contributed by atoms with Crippen molar-refractivity contribution < 1.29 is 24.2 Å². The summed E-state index contributed by atoms with van der Waals surface area (Å²) in [6.07, 6.45) is 3.81. The minimum atomic E-state index is -0.758. The Bertz CT molecular complexity index is 1410. The number of aliphatic hydroxyl groups is 1. The summed E-state index contributed by atoms with van der Waals surface area (Å²) in [5, 5.41) is 11.6. The summed E-state index contributed by atoms with van der Waals surface area (Å²) in [6, 6.07) is 10.6. The minimum absolute atomic E-state index is 0.0526. The van der Waals surface area contributed by atoms with Crippen LogP contribution in [0.1, 0.15) is 48.3 Å². The van der Waals surface area contributed by atoms with Crippen molar-refractivity contribution in [2.75, 3.05) is 46.0 Å². The lowest BCUT2D eigenvalue weighted by molar-refractivity contribution is -0.140. The quantitative estimate of drug-likeness (QED) is 0.193. The highest BCUT2D eigenvalue weighted by Crippen LogP contribution is 2.40. The molecule has 2 aliphatic heterocycles. The second-order valence-electron chi connectivity index (χ2n) is 10.2. The number of ketones is 1. The zero-order valence-electron chi connectivity index (χ0n) is 22.9. The van der Waals surface area contributed by atoms with Crippen LogP contribution < -0.4 is 4.74 Å². The lowest BCUT2D eigenvalue weighted by atomic mass is 9.96. The topological polar surface area (TPSA) is 96.6 Å². The van der Waals surface area contributed by atoms with Gasteiger partial charge in [-0.3, -0.25) is 14.5 Å². The highest BCUT2D eigenvalue weighted by Gasteiger charge is 2.46. The van der Waals surface area contributed by atoms with E-state index in [4.69, 9.17) is 9.47 Å². The first-order valence-electron chi connectivity index (χ1n) is 13.7. The summed E-state index contributed by atoms with van der Waals surface area (Å²) >= 11 is 0. The molecule has 1 N–H and O–H groups in total. The molecule has 1 amide bonds. The summed E-state index contributed by atoms with van der Waals surface area (Å²) in [6.45, 7) is 10.3. The van der Waals surface area contributed by atoms with Gasteiger partial charge in [-0.2, -0.15) is 0 Å². The van der Waals surface area contributed by atoms with Crippen LogP contribution in [0.3, 0.4) is 0 Å². The second-order valence-corrected chi connectivity index (χ2v) is 10.2. The number of fused-ring (bicyclic) bond motifs is 1. The summed E-state index contributed by atoms with van der Waals surface area (Å²) in [5.74, 6) is -0.918. The van der Waals surface area contributed by atoms with Crippen LogP contribution in [0.2, 0.25) is 0 Å². The van der Waals surface area contributed by atoms with Gasteiger partial charge in [-0.15, -0.1) is 0 Å². The maximum atomic E-state index is 13.5. The molecule has 0 aliphatic carbocycles. The monoisotopic (exact) mass is 532 g/mol. The number of amides is 1. The molecular formula is C30H36N4O5. The summed E-state index contributed by atoms with van der Waals surface area (Å²) in [4.78, 5) is 35.5. The van der Waals surface area contributed by atoms with Gasteiger partial charge in [-0.1, -0.05) is 31.5 Å². The van der Waals surface area contributed by atoms with E-state index in [1.54, 1.807) is 4.90 Å². The van der Waals surface area contributed by atoms with Gasteiger partial charge in [0.25, 0.3) is 11.7 Å². The number of rotatable bonds is 9. The standard InChI is InChI=1S/C30H36N4O5/c1-4-5-16-39-23-10-6-9-22(19-23)26-24(27(35)25-21(3)33-11-7-8-20(2)29(33)31-25)28(36)30(37)34(26)13-12-32-14-17-38-18-15-32/h6-11,19,26,35H,4-5,12-18H2,1-3H3. The number of aromatic nitrogens is 2. The Hall–Kier alpha value is -3.69. The normalized spacial score (nSPS) is 19.8. The third-order valence-corrected chi connectivity index (χ3v) is 7.55. The van der Waals surface area contributed by atoms with Crippen molar-refractivity contribution in [3.05, 3.63) is 70.7 Å². The van der Waals surface area contributed by atoms with Gasteiger partial charge >= 0.3 is 0 Å². The van der Waals surface area contributed by atoms with Crippen LogP contribution in [0.4, 0.5) is 0 Å². The van der Waals surface area contributed by atoms with Gasteiger partial charge in [0, 0.05) is 32.4 Å². The first-order chi connectivity index (χ1) is 18.9. The van der Waals surface area contributed by atoms with Gasteiger partial charge in [0.2, 0.25) is 0 Å². The van der Waals surface area contributed by atoms with Gasteiger partial charge in [-0.25, -0.2) is 4.98 Å². The number of likely N-dealkylation sites (tertiary alicyclic amines) is 1. The molecule has 2 aromatic heterocycles. The molecule has 4 heterocycles. The van der Waals surface area contributed by atoms with Crippen LogP contribution in [0, 0.1) is 13.8 Å². The maximum absolute atomic E-state index is 13.5. The van der Waals surface area contributed by atoms with Crippen molar-refractivity contribution in [2.24, 2.45) is 0 Å². The van der Waals surface area contributed by atoms with Crippen LogP contribution in [-0.4, -0.2) is 82.0 Å². The number of morpholine rings is 1. The lowest BCUT2D eigenvalue weighted by Gasteiger charge is -2.31. The highest BCUT2D eigenvalue weighted by molar-refractivity contribution is 6.46. The lowest BCUT2D eigenvalue weighted by Crippen LogP contribution is -2.42. The third-order valence-electron chi connectivity index (χ3n) is 7.55. The maximum Gasteiger partial charge on any atom is 0.295 e. The van der Waals surface area contributed by atoms with E-state index in [1.165, 1.54) is 0 Å². The molecule has 2 aliphatic rings. The highest BCUT2D eigenvalue weighted by atomic mass is 16.5. The van der Waals surface area contributed by atoms with Gasteiger partial charge in [0.05, 0.1) is 37.1 Å². The van der Waals surface area contributed by atoms with Crippen molar-refractivity contribution >= 4 is 23.1 Å². The van der Waals surface area contributed by atoms with Gasteiger partial charge in [-0.05, 0) is 49.6 Å². The number of hydrogen-bond donors (Lipinski definition) is 1. The molecule has 1 aromatic carbocycles. The molecule has 1 unspecified atom stereocenters. The number of pyridine rings is 1. The fourth-order valence-corrected chi connectivity index (χ4v) is 5.31. The molecule has 0 bridgehead atoms. The molecule has 0 radical (unpaired) electrons. The van der Waals surface area contributed by atoms with Gasteiger partial charge in [0.15, 0.2) is 5.76 Å². The smallest absolute Gasteiger partial charge is 0.295 e. The van der Waals surface area contributed by atoms with E-state index in [0.29, 0.717) is 61.3 Å². The molecule has 2 fully saturated rings. The van der Waals surface area contributed by atoms with Gasteiger partial charge in [0.1, 0.15) is 17.1 Å². The van der Waals surface area contributed by atoms with Crippen molar-refractivity contribution in [1.82, 2.24) is 19.2 Å². The number of aliphatic hydroxyl groups excluding tert-OH is 1. The summed E-state index contributed by atoms with van der Waals surface area (Å²) in [5.41, 5.74) is 3.40. The number of carbonyl (C=O) groups excluding carboxylic acids is 2. The largest absolute Gasteiger partial charge is 0.505 e. The van der Waals surface area contributed by atoms with Crippen LogP contribution in [0.5, 0.6) is 5.75 Å². The molecule has 2 saturated heterocycles. The molecule has 39 heavy (non-hydrogen) atoms. The van der Waals surface area contributed by atoms with Crippen LogP contribution in [0.25, 0.3) is 11.4 Å². The Morgan fingerprint density at radius 1 is 1.13 bits per heavy atom. The predicted octanol–water partition coefficient (Wildman–Crippen LogP) is 3.88. The Labute approximate surface area is 228 Å². The van der Waals surface area contributed by atoms with E-state index < -0.39 is 17.7 Å². The number of hydrogen-bond acceptors (Lipinski definition) is 7.